The average Bonchev–Trinajstić information content (AvgIpc) is 3.25. The third-order valence-corrected chi connectivity index (χ3v) is 10.7. The zero-order valence-electron chi connectivity index (χ0n) is 41.1. The van der Waals surface area contributed by atoms with Crippen molar-refractivity contribution in [1.82, 2.24) is 0 Å². The van der Waals surface area contributed by atoms with E-state index in [1.165, 1.54) is 169 Å². The number of carbonyl (C=O) groups is 2. The molecule has 9 heteroatoms. The predicted molar refractivity (Wildman–Crippen MR) is 270 cm³/mol. The Bertz CT molecular complexity index is 1760. The van der Waals surface area contributed by atoms with Crippen LogP contribution in [-0.2, 0) is 26.1 Å². The van der Waals surface area contributed by atoms with Crippen LogP contribution in [0.1, 0.15) is 207 Å². The Labute approximate surface area is 403 Å². The van der Waals surface area contributed by atoms with E-state index in [9.17, 15) is 30.0 Å². The molecule has 0 amide bonds. The summed E-state index contributed by atoms with van der Waals surface area (Å²) in [4.78, 5) is 27.8. The molecule has 0 unspecified atom stereocenters. The number of phenolic OH excluding ortho intramolecular Hbond substituents is 2. The first kappa shape index (κ1) is 60.8. The number of benzene rings is 4. The van der Waals surface area contributed by atoms with E-state index in [4.69, 9.17) is 0 Å². The third-order valence-electron chi connectivity index (χ3n) is 10.7. The van der Waals surface area contributed by atoms with Gasteiger partial charge in [-0.3, -0.25) is 9.98 Å². The second kappa shape index (κ2) is 40.1. The third kappa shape index (κ3) is 31.4. The number of hydrogen-bond donors (Lipinski definition) is 2. The summed E-state index contributed by atoms with van der Waals surface area (Å²) in [6.07, 6.45) is 35.4. The van der Waals surface area contributed by atoms with Gasteiger partial charge in [0.1, 0.15) is 23.1 Å². The van der Waals surface area contributed by atoms with Gasteiger partial charge in [0.2, 0.25) is 0 Å². The molecule has 0 saturated carbocycles. The van der Waals surface area contributed by atoms with Crippen LogP contribution in [0, 0.1) is 0 Å². The van der Waals surface area contributed by atoms with E-state index < -0.39 is 0 Å². The molecule has 4 aromatic rings. The van der Waals surface area contributed by atoms with Crippen molar-refractivity contribution in [2.24, 2.45) is 9.98 Å². The summed E-state index contributed by atoms with van der Waals surface area (Å²) in [5, 5.41) is 46.9. The summed E-state index contributed by atoms with van der Waals surface area (Å²) in [7, 11) is 0. The molecule has 0 aliphatic heterocycles. The van der Waals surface area contributed by atoms with Gasteiger partial charge in [-0.2, -0.15) is 0 Å². The minimum atomic E-state index is -0.0170. The van der Waals surface area contributed by atoms with E-state index in [2.05, 4.69) is 23.8 Å². The molecule has 4 aromatic carbocycles. The molecule has 0 aliphatic carbocycles. The molecular formula is C56H84N2NiO6. The van der Waals surface area contributed by atoms with Crippen molar-refractivity contribution in [3.05, 3.63) is 71.8 Å². The molecule has 0 saturated heterocycles. The van der Waals surface area contributed by atoms with Crippen LogP contribution in [0.5, 0.6) is 23.0 Å². The number of hydrogen-bond acceptors (Lipinski definition) is 8. The molecule has 65 heavy (non-hydrogen) atoms. The van der Waals surface area contributed by atoms with Gasteiger partial charge in [0, 0.05) is 25.5 Å². The van der Waals surface area contributed by atoms with Crippen LogP contribution in [0.25, 0.3) is 21.5 Å². The number of phenols is 2. The molecule has 0 spiro atoms. The average molecular weight is 940 g/mol. The Morgan fingerprint density at radius 2 is 0.708 bits per heavy atom. The molecule has 2 N–H and O–H groups in total. The number of rotatable bonds is 28. The quantitative estimate of drug-likeness (QED) is 0.0329. The molecule has 0 fully saturated rings. The van der Waals surface area contributed by atoms with Crippen LogP contribution < -0.4 is 10.2 Å². The van der Waals surface area contributed by atoms with Gasteiger partial charge in [-0.1, -0.05) is 203 Å². The number of nitrogens with zero attached hydrogens (tertiary/aromatic N) is 2. The van der Waals surface area contributed by atoms with Gasteiger partial charge in [0.05, 0.1) is 0 Å². The Morgan fingerprint density at radius 3 is 0.985 bits per heavy atom. The summed E-state index contributed by atoms with van der Waals surface area (Å²) >= 11 is 0. The molecule has 8 nitrogen and oxygen atoms in total. The maximum atomic E-state index is 12.1. The topological polar surface area (TPSA) is 145 Å². The van der Waals surface area contributed by atoms with Gasteiger partial charge >= 0.3 is 16.5 Å². The van der Waals surface area contributed by atoms with E-state index in [-0.39, 0.29) is 51.1 Å². The Morgan fingerprint density at radius 1 is 0.446 bits per heavy atom. The fourth-order valence-corrected chi connectivity index (χ4v) is 7.31. The fourth-order valence-electron chi connectivity index (χ4n) is 7.31. The van der Waals surface area contributed by atoms with Gasteiger partial charge in [0.25, 0.3) is 0 Å². The molecule has 0 radical (unpaired) electrons. The molecule has 0 heterocycles. The maximum Gasteiger partial charge on any atom is 2.00 e. The second-order valence-corrected chi connectivity index (χ2v) is 17.4. The van der Waals surface area contributed by atoms with Crippen molar-refractivity contribution < 1.29 is 46.5 Å². The Hall–Kier alpha value is -4.23. The molecular weight excluding hydrogens is 855 g/mol. The predicted octanol–water partition coefficient (Wildman–Crippen LogP) is 14.7. The zero-order valence-corrected chi connectivity index (χ0v) is 42.0. The first-order valence-corrected chi connectivity index (χ1v) is 24.7. The van der Waals surface area contributed by atoms with Crippen LogP contribution in [0.3, 0.4) is 0 Å². The van der Waals surface area contributed by atoms with E-state index in [1.807, 2.05) is 0 Å². The van der Waals surface area contributed by atoms with Crippen molar-refractivity contribution in [3.63, 3.8) is 0 Å². The zero-order chi connectivity index (χ0) is 47.2. The van der Waals surface area contributed by atoms with Crippen molar-refractivity contribution in [2.75, 3.05) is 13.1 Å². The normalized spacial score (nSPS) is 10.8. The van der Waals surface area contributed by atoms with Gasteiger partial charge < -0.3 is 30.0 Å². The van der Waals surface area contributed by atoms with Crippen LogP contribution in [0.4, 0.5) is 0 Å². The number of carbonyl (C=O) groups excluding carboxylic acids is 2. The van der Waals surface area contributed by atoms with Gasteiger partial charge in [-0.15, -0.1) is 0 Å². The number of ketones is 2. The van der Waals surface area contributed by atoms with E-state index in [0.717, 1.165) is 47.5 Å². The molecule has 364 valence electrons. The summed E-state index contributed by atoms with van der Waals surface area (Å²) < 4.78 is 0. The minimum absolute atomic E-state index is 0. The monoisotopic (exact) mass is 939 g/mol. The molecule has 0 aliphatic rings. The molecule has 0 aromatic heterocycles. The van der Waals surface area contributed by atoms with Crippen molar-refractivity contribution in [2.45, 2.75) is 196 Å². The van der Waals surface area contributed by atoms with Gasteiger partial charge in [0.15, 0.2) is 0 Å². The van der Waals surface area contributed by atoms with Crippen LogP contribution >= 0.6 is 0 Å². The van der Waals surface area contributed by atoms with Crippen LogP contribution in [-0.4, -0.2) is 47.3 Å². The number of Topliss-reactive ketones (excluding diaryl/α,β-unsaturated/α-hetero) is 2. The smallest absolute Gasteiger partial charge is 0.872 e. The van der Waals surface area contributed by atoms with Crippen molar-refractivity contribution in [3.8, 4) is 23.0 Å². The Balaban J connectivity index is 0.00000107. The van der Waals surface area contributed by atoms with E-state index in [1.54, 1.807) is 73.1 Å². The first-order chi connectivity index (χ1) is 30.9. The first-order valence-electron chi connectivity index (χ1n) is 24.7. The maximum absolute atomic E-state index is 12.1. The molecule has 0 bridgehead atoms. The number of unbranched alkanes of at least 4 members (excludes halogenated alkanes) is 22. The SMILES string of the molecule is CC(C)=O.CC(C)=O.CCCCCCCCCCCCCCN=Cc1c([O-])ccc2cc(O)ccc12.CCCCCCCCCCCCCCN=Cc1c([O-])ccc2cc(O)ccc12.[Ni+2]. The van der Waals surface area contributed by atoms with Crippen LogP contribution in [0.2, 0.25) is 0 Å². The van der Waals surface area contributed by atoms with E-state index >= 15 is 0 Å². The molecule has 4 rings (SSSR count). The second-order valence-electron chi connectivity index (χ2n) is 17.4. The summed E-state index contributed by atoms with van der Waals surface area (Å²) in [5.74, 6) is 0.726. The van der Waals surface area contributed by atoms with Crippen LogP contribution in [0.15, 0.2) is 70.6 Å². The molecule has 0 atom stereocenters. The summed E-state index contributed by atoms with van der Waals surface area (Å²) in [6.45, 7) is 12.2. The van der Waals surface area contributed by atoms with Gasteiger partial charge in [-0.05, 0) is 97.5 Å². The van der Waals surface area contributed by atoms with Gasteiger partial charge in [-0.25, -0.2) is 0 Å². The minimum Gasteiger partial charge on any atom is -0.872 e. The Kier molecular flexibility index (Phi) is 37.5. The van der Waals surface area contributed by atoms with E-state index in [0.29, 0.717) is 11.1 Å². The summed E-state index contributed by atoms with van der Waals surface area (Å²) in [6, 6.07) is 16.8. The standard InChI is InChI=1S/2C25H37NO2.2C3H6O.Ni/c2*1-2-3-4-5-6-7-8-9-10-11-12-13-18-26-20-24-23-16-15-22(27)19-21(23)14-17-25(24)28;2*1-3(2)4;/h2*14-17,19-20,27-28H,2-13,18H2,1H3;2*1-2H3;/q;;;;+2/p-2. The van der Waals surface area contributed by atoms with Crippen molar-refractivity contribution >= 4 is 45.5 Å². The summed E-state index contributed by atoms with van der Waals surface area (Å²) in [5.41, 5.74) is 1.24. The number of aliphatic imine (C=N–C) groups is 2. The van der Waals surface area contributed by atoms with Crippen molar-refractivity contribution in [1.29, 1.82) is 0 Å². The number of fused-ring (bicyclic) bond motifs is 2. The number of aromatic hydroxyl groups is 2. The fraction of sp³-hybridized carbons (Fsp3) is 0.571. The largest absolute Gasteiger partial charge is 2.00 e.